The highest BCUT2D eigenvalue weighted by Gasteiger charge is 2.15. The molecule has 0 radical (unpaired) electrons. The molecule has 0 fully saturated rings. The second kappa shape index (κ2) is 7.76. The van der Waals surface area contributed by atoms with Gasteiger partial charge in [0, 0.05) is 12.6 Å². The number of unbranched alkanes of at least 4 members (excludes halogenated alkanes) is 1. The quantitative estimate of drug-likeness (QED) is 0.625. The van der Waals surface area contributed by atoms with Crippen molar-refractivity contribution in [1.29, 1.82) is 0 Å². The number of hydrogen-bond acceptors (Lipinski definition) is 4. The normalized spacial score (nSPS) is 10.5. The average molecular weight is 338 g/mol. The first-order valence-electron chi connectivity index (χ1n) is 7.46. The van der Waals surface area contributed by atoms with Crippen LogP contribution < -0.4 is 10.6 Å². The van der Waals surface area contributed by atoms with E-state index in [2.05, 4.69) is 20.6 Å². The van der Waals surface area contributed by atoms with Crippen LogP contribution in [0.4, 0.5) is 24.7 Å². The predicted molar refractivity (Wildman–Crippen MR) is 83.6 cm³/mol. The van der Waals surface area contributed by atoms with Crippen LogP contribution in [0.3, 0.4) is 0 Å². The third kappa shape index (κ3) is 4.21. The standard InChI is InChI=1S/C16H17F3N4O/c1-3-4-7-20-16(24)12-8-13(22-9(2)21-12)23-11-6-5-10(17)14(18)15(11)19/h5-6,8H,3-4,7H2,1-2H3,(H,20,24)(H,21,22,23). The number of hydrogen-bond donors (Lipinski definition) is 2. The molecule has 128 valence electrons. The van der Waals surface area contributed by atoms with Gasteiger partial charge in [-0.3, -0.25) is 4.79 Å². The first kappa shape index (κ1) is 17.7. The van der Waals surface area contributed by atoms with Gasteiger partial charge >= 0.3 is 0 Å². The molecule has 0 aliphatic heterocycles. The summed E-state index contributed by atoms with van der Waals surface area (Å²) in [6.07, 6.45) is 1.77. The van der Waals surface area contributed by atoms with Crippen LogP contribution in [0, 0.1) is 24.4 Å². The van der Waals surface area contributed by atoms with Gasteiger partial charge in [-0.2, -0.15) is 0 Å². The van der Waals surface area contributed by atoms with E-state index in [4.69, 9.17) is 0 Å². The summed E-state index contributed by atoms with van der Waals surface area (Å²) in [5, 5.41) is 5.24. The molecule has 0 unspecified atom stereocenters. The number of aryl methyl sites for hydroxylation is 1. The molecule has 2 rings (SSSR count). The monoisotopic (exact) mass is 338 g/mol. The van der Waals surface area contributed by atoms with Crippen molar-refractivity contribution in [1.82, 2.24) is 15.3 Å². The minimum Gasteiger partial charge on any atom is -0.351 e. The third-order valence-electron chi connectivity index (χ3n) is 3.18. The SMILES string of the molecule is CCCCNC(=O)c1cc(Nc2ccc(F)c(F)c2F)nc(C)n1. The van der Waals surface area contributed by atoms with Crippen LogP contribution in [-0.2, 0) is 0 Å². The van der Waals surface area contributed by atoms with Gasteiger partial charge in [-0.05, 0) is 25.5 Å². The number of carbonyl (C=O) groups is 1. The molecule has 1 heterocycles. The molecule has 0 saturated heterocycles. The van der Waals surface area contributed by atoms with Gasteiger partial charge in [-0.25, -0.2) is 23.1 Å². The minimum atomic E-state index is -1.58. The second-order valence-electron chi connectivity index (χ2n) is 5.14. The van der Waals surface area contributed by atoms with E-state index in [1.54, 1.807) is 6.92 Å². The van der Waals surface area contributed by atoms with Crippen LogP contribution >= 0.6 is 0 Å². The summed E-state index contributed by atoms with van der Waals surface area (Å²) in [7, 11) is 0. The summed E-state index contributed by atoms with van der Waals surface area (Å²) in [4.78, 5) is 20.1. The maximum atomic E-state index is 13.7. The van der Waals surface area contributed by atoms with Crippen LogP contribution in [0.25, 0.3) is 0 Å². The summed E-state index contributed by atoms with van der Waals surface area (Å²) >= 11 is 0. The van der Waals surface area contributed by atoms with E-state index in [9.17, 15) is 18.0 Å². The van der Waals surface area contributed by atoms with Gasteiger partial charge in [0.2, 0.25) is 0 Å². The summed E-state index contributed by atoms with van der Waals surface area (Å²) in [5.41, 5.74) is -0.187. The summed E-state index contributed by atoms with van der Waals surface area (Å²) in [5.74, 6) is -4.23. The Labute approximate surface area is 137 Å². The molecular weight excluding hydrogens is 321 g/mol. The van der Waals surface area contributed by atoms with Crippen LogP contribution in [-0.4, -0.2) is 22.4 Å². The maximum absolute atomic E-state index is 13.7. The van der Waals surface area contributed by atoms with Crippen molar-refractivity contribution in [3.05, 3.63) is 47.2 Å². The molecule has 0 aliphatic carbocycles. The van der Waals surface area contributed by atoms with Crippen molar-refractivity contribution in [2.24, 2.45) is 0 Å². The molecule has 2 aromatic rings. The minimum absolute atomic E-state index is 0.101. The lowest BCUT2D eigenvalue weighted by atomic mass is 10.2. The number of halogens is 3. The number of amides is 1. The van der Waals surface area contributed by atoms with E-state index in [1.807, 2.05) is 6.92 Å². The van der Waals surface area contributed by atoms with Crippen molar-refractivity contribution in [2.45, 2.75) is 26.7 Å². The molecule has 1 amide bonds. The largest absolute Gasteiger partial charge is 0.351 e. The summed E-state index contributed by atoms with van der Waals surface area (Å²) in [6, 6.07) is 3.16. The number of anilines is 2. The Morgan fingerprint density at radius 2 is 1.92 bits per heavy atom. The van der Waals surface area contributed by atoms with Gasteiger partial charge in [-0.15, -0.1) is 0 Å². The third-order valence-corrected chi connectivity index (χ3v) is 3.18. The molecule has 0 atom stereocenters. The van der Waals surface area contributed by atoms with Crippen molar-refractivity contribution in [3.8, 4) is 0 Å². The lowest BCUT2D eigenvalue weighted by Gasteiger charge is -2.10. The van der Waals surface area contributed by atoms with E-state index < -0.39 is 17.5 Å². The highest BCUT2D eigenvalue weighted by molar-refractivity contribution is 5.93. The first-order valence-corrected chi connectivity index (χ1v) is 7.46. The average Bonchev–Trinajstić information content (AvgIpc) is 2.55. The van der Waals surface area contributed by atoms with Crippen molar-refractivity contribution in [2.75, 3.05) is 11.9 Å². The number of nitrogens with one attached hydrogen (secondary N) is 2. The van der Waals surface area contributed by atoms with E-state index in [0.29, 0.717) is 6.54 Å². The van der Waals surface area contributed by atoms with E-state index in [1.165, 1.54) is 6.07 Å². The fourth-order valence-electron chi connectivity index (χ4n) is 1.98. The Bertz CT molecular complexity index is 752. The number of benzene rings is 1. The van der Waals surface area contributed by atoms with Crippen LogP contribution in [0.5, 0.6) is 0 Å². The molecular formula is C16H17F3N4O. The summed E-state index contributed by atoms with van der Waals surface area (Å²) < 4.78 is 39.9. The Morgan fingerprint density at radius 3 is 2.62 bits per heavy atom. The molecule has 2 N–H and O–H groups in total. The van der Waals surface area contributed by atoms with Crippen LogP contribution in [0.1, 0.15) is 36.1 Å². The smallest absolute Gasteiger partial charge is 0.270 e. The Balaban J connectivity index is 2.22. The first-order chi connectivity index (χ1) is 11.4. The van der Waals surface area contributed by atoms with Crippen LogP contribution in [0.15, 0.2) is 18.2 Å². The second-order valence-corrected chi connectivity index (χ2v) is 5.14. The highest BCUT2D eigenvalue weighted by Crippen LogP contribution is 2.23. The van der Waals surface area contributed by atoms with Gasteiger partial charge in [0.15, 0.2) is 17.5 Å². The lowest BCUT2D eigenvalue weighted by molar-refractivity contribution is 0.0948. The number of nitrogens with zero attached hydrogens (tertiary/aromatic N) is 2. The van der Waals surface area contributed by atoms with Crippen LogP contribution in [0.2, 0.25) is 0 Å². The Morgan fingerprint density at radius 1 is 1.17 bits per heavy atom. The van der Waals surface area contributed by atoms with E-state index in [-0.39, 0.29) is 28.9 Å². The van der Waals surface area contributed by atoms with Gasteiger partial charge in [0.05, 0.1) is 5.69 Å². The number of rotatable bonds is 6. The summed E-state index contributed by atoms with van der Waals surface area (Å²) in [6.45, 7) is 4.08. The number of carbonyl (C=O) groups excluding carboxylic acids is 1. The fourth-order valence-corrected chi connectivity index (χ4v) is 1.98. The fraction of sp³-hybridized carbons (Fsp3) is 0.312. The van der Waals surface area contributed by atoms with E-state index >= 15 is 0 Å². The Hall–Kier alpha value is -2.64. The van der Waals surface area contributed by atoms with Crippen molar-refractivity contribution >= 4 is 17.4 Å². The molecule has 1 aromatic carbocycles. The molecule has 5 nitrogen and oxygen atoms in total. The van der Waals surface area contributed by atoms with Gasteiger partial charge in [0.25, 0.3) is 5.91 Å². The maximum Gasteiger partial charge on any atom is 0.270 e. The van der Waals surface area contributed by atoms with Gasteiger partial charge in [-0.1, -0.05) is 13.3 Å². The van der Waals surface area contributed by atoms with Gasteiger partial charge in [0.1, 0.15) is 17.3 Å². The molecule has 0 saturated carbocycles. The molecule has 8 heteroatoms. The zero-order valence-corrected chi connectivity index (χ0v) is 13.3. The Kier molecular flexibility index (Phi) is 5.73. The number of aromatic nitrogens is 2. The zero-order chi connectivity index (χ0) is 17.7. The molecule has 0 spiro atoms. The van der Waals surface area contributed by atoms with Crippen molar-refractivity contribution in [3.63, 3.8) is 0 Å². The highest BCUT2D eigenvalue weighted by atomic mass is 19.2. The molecule has 0 bridgehead atoms. The predicted octanol–water partition coefficient (Wildman–Crippen LogP) is 3.48. The topological polar surface area (TPSA) is 66.9 Å². The van der Waals surface area contributed by atoms with Gasteiger partial charge < -0.3 is 10.6 Å². The lowest BCUT2D eigenvalue weighted by Crippen LogP contribution is -2.25. The molecule has 1 aromatic heterocycles. The van der Waals surface area contributed by atoms with Crippen molar-refractivity contribution < 1.29 is 18.0 Å². The molecule has 0 aliphatic rings. The molecule has 24 heavy (non-hydrogen) atoms. The van der Waals surface area contributed by atoms with E-state index in [0.717, 1.165) is 25.0 Å². The zero-order valence-electron chi connectivity index (χ0n) is 13.3.